The number of aliphatic hydroxyl groups is 1. The Morgan fingerprint density at radius 3 is 2.71 bits per heavy atom. The number of pyridine rings is 1. The van der Waals surface area contributed by atoms with Crippen molar-refractivity contribution in [1.29, 1.82) is 0 Å². The van der Waals surface area contributed by atoms with Gasteiger partial charge in [-0.25, -0.2) is 0 Å². The molecule has 0 saturated heterocycles. The summed E-state index contributed by atoms with van der Waals surface area (Å²) in [7, 11) is 0. The highest BCUT2D eigenvalue weighted by molar-refractivity contribution is 5.77. The summed E-state index contributed by atoms with van der Waals surface area (Å²) >= 11 is 0. The Balaban J connectivity index is 1.71. The molecule has 1 aliphatic carbocycles. The highest BCUT2D eigenvalue weighted by Crippen LogP contribution is 2.31. The van der Waals surface area contributed by atoms with Crippen molar-refractivity contribution in [2.75, 3.05) is 0 Å². The lowest BCUT2D eigenvalue weighted by atomic mass is 9.82. The van der Waals surface area contributed by atoms with Crippen molar-refractivity contribution in [2.24, 2.45) is 0 Å². The topological polar surface area (TPSA) is 66.6 Å². The molecule has 0 aromatic carbocycles. The first kappa shape index (κ1) is 16.7. The normalized spacial score (nSPS) is 16.7. The fourth-order valence-electron chi connectivity index (χ4n) is 3.31. The third-order valence-electron chi connectivity index (χ3n) is 4.64. The number of aromatic nitrogens is 1. The number of rotatable bonds is 6. The molecule has 5 nitrogen and oxygen atoms in total. The molecule has 128 valence electrons. The summed E-state index contributed by atoms with van der Waals surface area (Å²) in [6, 6.07) is 7.49. The Bertz CT molecular complexity index is 634. The molecule has 5 heteroatoms. The van der Waals surface area contributed by atoms with Crippen molar-refractivity contribution in [1.82, 2.24) is 9.88 Å². The number of hydrogen-bond acceptors (Lipinski definition) is 4. The van der Waals surface area contributed by atoms with Crippen LogP contribution in [-0.2, 0) is 17.9 Å². The fourth-order valence-corrected chi connectivity index (χ4v) is 3.31. The number of carbonyl (C=O) groups is 1. The van der Waals surface area contributed by atoms with Gasteiger partial charge in [0.2, 0.25) is 5.91 Å². The Morgan fingerprint density at radius 1 is 1.21 bits per heavy atom. The second-order valence-corrected chi connectivity index (χ2v) is 6.65. The van der Waals surface area contributed by atoms with Crippen molar-refractivity contribution < 1.29 is 14.3 Å². The molecule has 1 fully saturated rings. The van der Waals surface area contributed by atoms with Gasteiger partial charge in [-0.1, -0.05) is 25.3 Å². The van der Waals surface area contributed by atoms with Crippen molar-refractivity contribution in [3.63, 3.8) is 0 Å². The van der Waals surface area contributed by atoms with Crippen LogP contribution in [0.25, 0.3) is 0 Å². The standard InChI is InChI=1S/C19H24N2O3/c22-18(12-19(23)8-2-1-3-9-19)21(15-17-7-5-11-24-17)14-16-6-4-10-20-13-16/h4-7,10-11,13,23H,1-3,8-9,12,14-15H2. The van der Waals surface area contributed by atoms with Crippen LogP contribution in [0.4, 0.5) is 0 Å². The van der Waals surface area contributed by atoms with Gasteiger partial charge in [0.05, 0.1) is 24.8 Å². The minimum atomic E-state index is -0.855. The molecule has 1 aliphatic rings. The van der Waals surface area contributed by atoms with Crippen LogP contribution in [-0.4, -0.2) is 26.5 Å². The maximum atomic E-state index is 12.9. The molecule has 0 spiro atoms. The van der Waals surface area contributed by atoms with E-state index in [1.54, 1.807) is 23.6 Å². The van der Waals surface area contributed by atoms with Gasteiger partial charge in [0, 0.05) is 18.9 Å². The molecular weight excluding hydrogens is 304 g/mol. The van der Waals surface area contributed by atoms with Crippen LogP contribution in [0.2, 0.25) is 0 Å². The molecule has 0 unspecified atom stereocenters. The Morgan fingerprint density at radius 2 is 2.04 bits per heavy atom. The summed E-state index contributed by atoms with van der Waals surface area (Å²) in [6.45, 7) is 0.861. The summed E-state index contributed by atoms with van der Waals surface area (Å²) < 4.78 is 5.39. The van der Waals surface area contributed by atoms with Gasteiger partial charge in [0.1, 0.15) is 5.76 Å². The van der Waals surface area contributed by atoms with Crippen molar-refractivity contribution >= 4 is 5.91 Å². The van der Waals surface area contributed by atoms with Crippen LogP contribution >= 0.6 is 0 Å². The second-order valence-electron chi connectivity index (χ2n) is 6.65. The van der Waals surface area contributed by atoms with Crippen LogP contribution in [0.3, 0.4) is 0 Å². The summed E-state index contributed by atoms with van der Waals surface area (Å²) in [5.74, 6) is 0.697. The maximum absolute atomic E-state index is 12.9. The molecule has 1 N–H and O–H groups in total. The van der Waals surface area contributed by atoms with E-state index in [0.717, 1.165) is 30.6 Å². The van der Waals surface area contributed by atoms with E-state index in [2.05, 4.69) is 4.98 Å². The van der Waals surface area contributed by atoms with Gasteiger partial charge in [0.25, 0.3) is 0 Å². The van der Waals surface area contributed by atoms with Crippen LogP contribution in [0.15, 0.2) is 47.3 Å². The second kappa shape index (κ2) is 7.62. The summed E-state index contributed by atoms with van der Waals surface area (Å²) in [4.78, 5) is 18.7. The van der Waals surface area contributed by atoms with Crippen molar-refractivity contribution in [3.05, 3.63) is 54.2 Å². The molecule has 0 bridgehead atoms. The first-order valence-corrected chi connectivity index (χ1v) is 8.56. The number of amides is 1. The van der Waals surface area contributed by atoms with E-state index in [1.807, 2.05) is 24.3 Å². The van der Waals surface area contributed by atoms with Crippen molar-refractivity contribution in [3.8, 4) is 0 Å². The predicted molar refractivity (Wildman–Crippen MR) is 89.9 cm³/mol. The molecule has 3 rings (SSSR count). The van der Waals surface area contributed by atoms with Crippen LogP contribution < -0.4 is 0 Å². The molecule has 0 aliphatic heterocycles. The zero-order valence-corrected chi connectivity index (χ0v) is 13.9. The van der Waals surface area contributed by atoms with Gasteiger partial charge in [-0.05, 0) is 36.6 Å². The molecule has 24 heavy (non-hydrogen) atoms. The van der Waals surface area contributed by atoms with Gasteiger partial charge in [-0.2, -0.15) is 0 Å². The highest BCUT2D eigenvalue weighted by Gasteiger charge is 2.33. The van der Waals surface area contributed by atoms with E-state index in [4.69, 9.17) is 4.42 Å². The number of hydrogen-bond donors (Lipinski definition) is 1. The van der Waals surface area contributed by atoms with Crippen LogP contribution in [0.5, 0.6) is 0 Å². The van der Waals surface area contributed by atoms with E-state index in [-0.39, 0.29) is 12.3 Å². The van der Waals surface area contributed by atoms with Crippen molar-refractivity contribution in [2.45, 2.75) is 57.2 Å². The largest absolute Gasteiger partial charge is 0.467 e. The Hall–Kier alpha value is -2.14. The van der Waals surface area contributed by atoms with E-state index in [1.165, 1.54) is 0 Å². The quantitative estimate of drug-likeness (QED) is 0.883. The number of carbonyl (C=O) groups excluding carboxylic acids is 1. The SMILES string of the molecule is O=C(CC1(O)CCCCC1)N(Cc1cccnc1)Cc1ccco1. The monoisotopic (exact) mass is 328 g/mol. The van der Waals surface area contributed by atoms with Crippen LogP contribution in [0.1, 0.15) is 49.8 Å². The summed E-state index contributed by atoms with van der Waals surface area (Å²) in [6.07, 6.45) is 9.80. The lowest BCUT2D eigenvalue weighted by molar-refractivity contribution is -0.139. The van der Waals surface area contributed by atoms with Crippen LogP contribution in [0, 0.1) is 0 Å². The van der Waals surface area contributed by atoms with Gasteiger partial charge in [-0.15, -0.1) is 0 Å². The molecule has 2 aromatic rings. The van der Waals surface area contributed by atoms with Gasteiger partial charge >= 0.3 is 0 Å². The lowest BCUT2D eigenvalue weighted by Crippen LogP contribution is -2.40. The summed E-state index contributed by atoms with van der Waals surface area (Å²) in [5.41, 5.74) is 0.110. The fraction of sp³-hybridized carbons (Fsp3) is 0.474. The first-order chi connectivity index (χ1) is 11.6. The Kier molecular flexibility index (Phi) is 5.30. The van der Waals surface area contributed by atoms with Gasteiger partial charge < -0.3 is 14.4 Å². The third kappa shape index (κ3) is 4.45. The molecule has 1 amide bonds. The zero-order valence-electron chi connectivity index (χ0n) is 13.9. The summed E-state index contributed by atoms with van der Waals surface area (Å²) in [5, 5.41) is 10.7. The van der Waals surface area contributed by atoms with E-state index >= 15 is 0 Å². The van der Waals surface area contributed by atoms with E-state index < -0.39 is 5.60 Å². The number of furan rings is 1. The first-order valence-electron chi connectivity index (χ1n) is 8.56. The number of nitrogens with zero attached hydrogens (tertiary/aromatic N) is 2. The molecule has 0 atom stereocenters. The maximum Gasteiger partial charge on any atom is 0.226 e. The van der Waals surface area contributed by atoms with E-state index in [9.17, 15) is 9.90 Å². The molecule has 2 heterocycles. The van der Waals surface area contributed by atoms with Gasteiger partial charge in [-0.3, -0.25) is 9.78 Å². The molecule has 0 radical (unpaired) electrons. The minimum absolute atomic E-state index is 0.0420. The smallest absolute Gasteiger partial charge is 0.226 e. The average molecular weight is 328 g/mol. The zero-order chi connectivity index (χ0) is 16.8. The average Bonchev–Trinajstić information content (AvgIpc) is 3.08. The predicted octanol–water partition coefficient (Wildman–Crippen LogP) is 3.29. The third-order valence-corrected chi connectivity index (χ3v) is 4.64. The molecular formula is C19H24N2O3. The minimum Gasteiger partial charge on any atom is -0.467 e. The van der Waals surface area contributed by atoms with Gasteiger partial charge in [0.15, 0.2) is 0 Å². The highest BCUT2D eigenvalue weighted by atomic mass is 16.3. The lowest BCUT2D eigenvalue weighted by Gasteiger charge is -2.33. The Labute approximate surface area is 142 Å². The molecule has 1 saturated carbocycles. The van der Waals surface area contributed by atoms with E-state index in [0.29, 0.717) is 25.9 Å². The molecule has 2 aromatic heterocycles.